The third kappa shape index (κ3) is 12.4. The Morgan fingerprint density at radius 2 is 2.09 bits per heavy atom. The van der Waals surface area contributed by atoms with Gasteiger partial charge in [-0.25, -0.2) is 0 Å². The van der Waals surface area contributed by atoms with Crippen LogP contribution in [0.15, 0.2) is 12.2 Å². The summed E-state index contributed by atoms with van der Waals surface area (Å²) in [4.78, 5) is 10.4. The molecule has 3 heteroatoms. The Morgan fingerprint density at radius 1 is 1.55 bits per heavy atom. The van der Waals surface area contributed by atoms with E-state index in [4.69, 9.17) is 0 Å². The van der Waals surface area contributed by atoms with Crippen LogP contribution in [-0.4, -0.2) is 26.7 Å². The van der Waals surface area contributed by atoms with E-state index in [1.807, 2.05) is 13.8 Å². The highest BCUT2D eigenvalue weighted by molar-refractivity contribution is 5.87. The number of carbonyl (C=O) groups excluding carboxylic acids is 1. The minimum absolute atomic E-state index is 0.105. The Bertz CT molecular complexity index is 111. The number of ether oxygens (including phenoxy) is 1. The van der Waals surface area contributed by atoms with Crippen molar-refractivity contribution in [3.8, 4) is 0 Å². The first-order chi connectivity index (χ1) is 5.31. The summed E-state index contributed by atoms with van der Waals surface area (Å²) in [6, 6.07) is 0. The second-order valence-electron chi connectivity index (χ2n) is 1.47. The molecule has 0 aliphatic heterocycles. The Morgan fingerprint density at radius 3 is 2.45 bits per heavy atom. The van der Waals surface area contributed by atoms with Gasteiger partial charge in [0.05, 0.1) is 6.61 Å². The van der Waals surface area contributed by atoms with Crippen molar-refractivity contribution >= 4 is 5.91 Å². The van der Waals surface area contributed by atoms with Gasteiger partial charge in [0, 0.05) is 20.2 Å². The van der Waals surface area contributed by atoms with Crippen molar-refractivity contribution < 1.29 is 9.53 Å². The Hall–Kier alpha value is -0.830. The van der Waals surface area contributed by atoms with E-state index in [-0.39, 0.29) is 5.91 Å². The molecule has 1 N–H and O–H groups in total. The first kappa shape index (κ1) is 12.8. The maximum Gasteiger partial charge on any atom is 0.243 e. The molecule has 0 saturated heterocycles. The maximum absolute atomic E-state index is 10.4. The van der Waals surface area contributed by atoms with Crippen LogP contribution in [0, 0.1) is 0 Å². The van der Waals surface area contributed by atoms with E-state index in [1.54, 1.807) is 20.2 Å². The van der Waals surface area contributed by atoms with Gasteiger partial charge in [0.25, 0.3) is 0 Å². The summed E-state index contributed by atoms with van der Waals surface area (Å²) < 4.78 is 4.67. The lowest BCUT2D eigenvalue weighted by Crippen LogP contribution is -2.14. The molecule has 0 aromatic rings. The van der Waals surface area contributed by atoms with Gasteiger partial charge in [0.1, 0.15) is 0 Å². The average Bonchev–Trinajstić information content (AvgIpc) is 2.08. The number of hydrogen-bond donors (Lipinski definition) is 1. The van der Waals surface area contributed by atoms with Gasteiger partial charge >= 0.3 is 0 Å². The fourth-order valence-corrected chi connectivity index (χ4v) is 0.335. The third-order valence-electron chi connectivity index (χ3n) is 0.779. The normalized spacial score (nSPS) is 8.73. The molecule has 66 valence electrons. The highest BCUT2D eigenvalue weighted by atomic mass is 16.5. The van der Waals surface area contributed by atoms with Crippen LogP contribution < -0.4 is 5.32 Å². The lowest BCUT2D eigenvalue weighted by Gasteiger charge is -1.88. The zero-order chi connectivity index (χ0) is 9.11. The van der Waals surface area contributed by atoms with Gasteiger partial charge in [0.2, 0.25) is 5.91 Å². The predicted molar refractivity (Wildman–Crippen MR) is 46.4 cm³/mol. The van der Waals surface area contributed by atoms with Crippen LogP contribution in [0.3, 0.4) is 0 Å². The molecule has 0 spiro atoms. The van der Waals surface area contributed by atoms with Gasteiger partial charge in [-0.1, -0.05) is 19.9 Å². The molecule has 0 aromatic heterocycles. The van der Waals surface area contributed by atoms with Crippen molar-refractivity contribution in [2.24, 2.45) is 0 Å². The van der Waals surface area contributed by atoms with Crippen LogP contribution in [-0.2, 0) is 9.53 Å². The van der Waals surface area contributed by atoms with E-state index in [9.17, 15) is 4.79 Å². The molecule has 0 saturated carbocycles. The smallest absolute Gasteiger partial charge is 0.243 e. The lowest BCUT2D eigenvalue weighted by atomic mass is 10.5. The number of nitrogens with one attached hydrogen (secondary N) is 1. The summed E-state index contributed by atoms with van der Waals surface area (Å²) in [6.07, 6.45) is 3.09. The molecule has 0 heterocycles. The SMILES string of the molecule is CC.CNC(=O)/C=C/COC. The van der Waals surface area contributed by atoms with Gasteiger partial charge in [-0.05, 0) is 0 Å². The van der Waals surface area contributed by atoms with Gasteiger partial charge in [-0.3, -0.25) is 4.79 Å². The molecule has 0 fully saturated rings. The lowest BCUT2D eigenvalue weighted by molar-refractivity contribution is -0.116. The summed E-state index contributed by atoms with van der Waals surface area (Å²) in [5, 5.41) is 2.44. The Labute approximate surface area is 68.4 Å². The van der Waals surface area contributed by atoms with Crippen LogP contribution >= 0.6 is 0 Å². The fourth-order valence-electron chi connectivity index (χ4n) is 0.335. The van der Waals surface area contributed by atoms with Crippen LogP contribution in [0.1, 0.15) is 13.8 Å². The molecule has 1 amide bonds. The summed E-state index contributed by atoms with van der Waals surface area (Å²) in [5.41, 5.74) is 0. The van der Waals surface area contributed by atoms with Crippen molar-refractivity contribution in [2.45, 2.75) is 13.8 Å². The molecule has 0 aromatic carbocycles. The standard InChI is InChI=1S/C6H11NO2.C2H6/c1-7-6(8)4-3-5-9-2;1-2/h3-4H,5H2,1-2H3,(H,7,8);1-2H3/b4-3+;. The van der Waals surface area contributed by atoms with Crippen molar-refractivity contribution in [1.82, 2.24) is 5.32 Å². The van der Waals surface area contributed by atoms with Crippen molar-refractivity contribution in [3.63, 3.8) is 0 Å². The van der Waals surface area contributed by atoms with Gasteiger partial charge < -0.3 is 10.1 Å². The van der Waals surface area contributed by atoms with Crippen molar-refractivity contribution in [1.29, 1.82) is 0 Å². The molecule has 0 aliphatic rings. The molecule has 11 heavy (non-hydrogen) atoms. The zero-order valence-corrected chi connectivity index (χ0v) is 7.68. The van der Waals surface area contributed by atoms with Crippen LogP contribution in [0.5, 0.6) is 0 Å². The molecule has 0 aliphatic carbocycles. The Kier molecular flexibility index (Phi) is 13.9. The molecule has 0 bridgehead atoms. The minimum Gasteiger partial charge on any atom is -0.381 e. The number of carbonyl (C=O) groups is 1. The highest BCUT2D eigenvalue weighted by Gasteiger charge is 1.84. The van der Waals surface area contributed by atoms with Gasteiger partial charge in [0.15, 0.2) is 0 Å². The van der Waals surface area contributed by atoms with Gasteiger partial charge in [-0.15, -0.1) is 0 Å². The van der Waals surface area contributed by atoms with Crippen molar-refractivity contribution in [2.75, 3.05) is 20.8 Å². The topological polar surface area (TPSA) is 38.3 Å². The van der Waals surface area contributed by atoms with Gasteiger partial charge in [-0.2, -0.15) is 0 Å². The molecular formula is C8H17NO2. The second kappa shape index (κ2) is 11.9. The number of hydrogen-bond acceptors (Lipinski definition) is 2. The Balaban J connectivity index is 0. The fraction of sp³-hybridized carbons (Fsp3) is 0.625. The molecule has 0 rings (SSSR count). The van der Waals surface area contributed by atoms with E-state index in [2.05, 4.69) is 10.1 Å². The maximum atomic E-state index is 10.4. The predicted octanol–water partition coefficient (Wildman–Crippen LogP) is 0.961. The molecule has 0 unspecified atom stereocenters. The van der Waals surface area contributed by atoms with Crippen LogP contribution in [0.2, 0.25) is 0 Å². The quantitative estimate of drug-likeness (QED) is 0.623. The number of methoxy groups -OCH3 is 1. The largest absolute Gasteiger partial charge is 0.381 e. The number of rotatable bonds is 3. The molecule has 0 atom stereocenters. The first-order valence-electron chi connectivity index (χ1n) is 3.68. The summed E-state index contributed by atoms with van der Waals surface area (Å²) in [6.45, 7) is 4.48. The zero-order valence-electron chi connectivity index (χ0n) is 7.68. The summed E-state index contributed by atoms with van der Waals surface area (Å²) in [7, 11) is 3.16. The summed E-state index contributed by atoms with van der Waals surface area (Å²) in [5.74, 6) is -0.105. The van der Waals surface area contributed by atoms with E-state index >= 15 is 0 Å². The van der Waals surface area contributed by atoms with E-state index in [1.165, 1.54) is 6.08 Å². The second-order valence-corrected chi connectivity index (χ2v) is 1.47. The van der Waals surface area contributed by atoms with Crippen LogP contribution in [0.4, 0.5) is 0 Å². The highest BCUT2D eigenvalue weighted by Crippen LogP contribution is 1.72. The summed E-state index contributed by atoms with van der Waals surface area (Å²) >= 11 is 0. The van der Waals surface area contributed by atoms with Crippen molar-refractivity contribution in [3.05, 3.63) is 12.2 Å². The van der Waals surface area contributed by atoms with E-state index < -0.39 is 0 Å². The molecule has 0 radical (unpaired) electrons. The first-order valence-corrected chi connectivity index (χ1v) is 3.68. The third-order valence-corrected chi connectivity index (χ3v) is 0.779. The number of amides is 1. The number of likely N-dealkylation sites (N-methyl/N-ethyl adjacent to an activating group) is 1. The molecule has 3 nitrogen and oxygen atoms in total. The van der Waals surface area contributed by atoms with E-state index in [0.717, 1.165) is 0 Å². The van der Waals surface area contributed by atoms with E-state index in [0.29, 0.717) is 6.61 Å². The monoisotopic (exact) mass is 159 g/mol. The van der Waals surface area contributed by atoms with Crippen LogP contribution in [0.25, 0.3) is 0 Å². The minimum atomic E-state index is -0.105. The molecular weight excluding hydrogens is 142 g/mol. The average molecular weight is 159 g/mol.